The summed E-state index contributed by atoms with van der Waals surface area (Å²) in [6, 6.07) is 3.75. The third kappa shape index (κ3) is 4.25. The van der Waals surface area contributed by atoms with Gasteiger partial charge in [0.2, 0.25) is 10.0 Å². The molecule has 1 unspecified atom stereocenters. The minimum atomic E-state index is -3.80. The first-order valence-electron chi connectivity index (χ1n) is 8.56. The highest BCUT2D eigenvalue weighted by Gasteiger charge is 2.33. The molecule has 0 aromatic heterocycles. The van der Waals surface area contributed by atoms with Crippen molar-refractivity contribution in [3.05, 3.63) is 29.6 Å². The van der Waals surface area contributed by atoms with Gasteiger partial charge in [-0.25, -0.2) is 12.8 Å². The van der Waals surface area contributed by atoms with E-state index in [1.165, 1.54) is 35.5 Å². The van der Waals surface area contributed by atoms with E-state index in [4.69, 9.17) is 4.74 Å². The number of hydrogen-bond acceptors (Lipinski definition) is 5. The number of likely N-dealkylation sites (tertiary alicyclic amines) is 1. The van der Waals surface area contributed by atoms with E-state index >= 15 is 0 Å². The van der Waals surface area contributed by atoms with Crippen molar-refractivity contribution < 1.29 is 17.5 Å². The zero-order chi connectivity index (χ0) is 17.9. The van der Waals surface area contributed by atoms with E-state index in [1.54, 1.807) is 7.05 Å². The molecular weight excluding hydrogens is 345 g/mol. The molecule has 2 fully saturated rings. The molecule has 2 saturated heterocycles. The molecule has 0 bridgehead atoms. The fourth-order valence-electron chi connectivity index (χ4n) is 3.39. The smallest absolute Gasteiger partial charge is 0.243 e. The number of rotatable bonds is 5. The standard InChI is InChI=1S/C17H24FN3O3S/c1-19-11-14-4-5-15(18)10-17(14)25(22,23)21-8-9-24-16(13-21)12-20-6-2-3-7-20/h4-5,10-11,16H,2-3,6-9,12-13H2,1H3. The lowest BCUT2D eigenvalue weighted by molar-refractivity contribution is -0.0166. The summed E-state index contributed by atoms with van der Waals surface area (Å²) in [5.41, 5.74) is 0.395. The second-order valence-corrected chi connectivity index (χ2v) is 8.34. The summed E-state index contributed by atoms with van der Waals surface area (Å²) in [5.74, 6) is -0.575. The Balaban J connectivity index is 1.80. The number of halogens is 1. The molecule has 138 valence electrons. The number of nitrogens with zero attached hydrogens (tertiary/aromatic N) is 3. The van der Waals surface area contributed by atoms with Crippen molar-refractivity contribution in [1.29, 1.82) is 0 Å². The molecule has 2 aliphatic rings. The number of ether oxygens (including phenoxy) is 1. The normalized spacial score (nSPS) is 23.5. The summed E-state index contributed by atoms with van der Waals surface area (Å²) in [4.78, 5) is 6.14. The van der Waals surface area contributed by atoms with Crippen LogP contribution in [0.25, 0.3) is 0 Å². The van der Waals surface area contributed by atoms with Crippen LogP contribution in [0.5, 0.6) is 0 Å². The summed E-state index contributed by atoms with van der Waals surface area (Å²) < 4.78 is 46.9. The number of morpholine rings is 1. The zero-order valence-electron chi connectivity index (χ0n) is 14.4. The van der Waals surface area contributed by atoms with Crippen molar-refractivity contribution in [2.45, 2.75) is 23.8 Å². The van der Waals surface area contributed by atoms with E-state index in [9.17, 15) is 12.8 Å². The maximum Gasteiger partial charge on any atom is 0.243 e. The van der Waals surface area contributed by atoms with Crippen molar-refractivity contribution in [1.82, 2.24) is 9.21 Å². The van der Waals surface area contributed by atoms with Crippen LogP contribution in [-0.2, 0) is 14.8 Å². The topological polar surface area (TPSA) is 62.2 Å². The second kappa shape index (κ2) is 7.90. The minimum Gasteiger partial charge on any atom is -0.374 e. The SMILES string of the molecule is CN=Cc1ccc(F)cc1S(=O)(=O)N1CCOC(CN2CCCC2)C1. The lowest BCUT2D eigenvalue weighted by Gasteiger charge is -2.34. The molecule has 25 heavy (non-hydrogen) atoms. The fourth-order valence-corrected chi connectivity index (χ4v) is 5.03. The summed E-state index contributed by atoms with van der Waals surface area (Å²) in [5, 5.41) is 0. The predicted octanol–water partition coefficient (Wildman–Crippen LogP) is 1.36. The van der Waals surface area contributed by atoms with Gasteiger partial charge in [-0.3, -0.25) is 4.99 Å². The maximum absolute atomic E-state index is 13.7. The summed E-state index contributed by atoms with van der Waals surface area (Å²) in [6.07, 6.45) is 3.64. The Hall–Kier alpha value is -1.35. The molecule has 3 rings (SSSR count). The van der Waals surface area contributed by atoms with Gasteiger partial charge in [0.15, 0.2) is 0 Å². The lowest BCUT2D eigenvalue weighted by Crippen LogP contribution is -2.49. The first-order valence-corrected chi connectivity index (χ1v) is 10.0. The lowest BCUT2D eigenvalue weighted by atomic mass is 10.2. The molecule has 2 aliphatic heterocycles. The Morgan fingerprint density at radius 1 is 1.32 bits per heavy atom. The van der Waals surface area contributed by atoms with Gasteiger partial charge in [-0.15, -0.1) is 0 Å². The molecule has 2 heterocycles. The summed E-state index contributed by atoms with van der Waals surface area (Å²) >= 11 is 0. The molecule has 1 aromatic rings. The van der Waals surface area contributed by atoms with Gasteiger partial charge in [0.1, 0.15) is 5.82 Å². The molecule has 8 heteroatoms. The molecule has 1 atom stereocenters. The van der Waals surface area contributed by atoms with Gasteiger partial charge in [0, 0.05) is 38.5 Å². The maximum atomic E-state index is 13.7. The van der Waals surface area contributed by atoms with Gasteiger partial charge in [-0.05, 0) is 44.1 Å². The molecule has 0 radical (unpaired) electrons. The Morgan fingerprint density at radius 2 is 2.08 bits per heavy atom. The monoisotopic (exact) mass is 369 g/mol. The number of benzene rings is 1. The van der Waals surface area contributed by atoms with Crippen LogP contribution in [-0.4, -0.2) is 76.3 Å². The van der Waals surface area contributed by atoms with Gasteiger partial charge in [-0.2, -0.15) is 4.31 Å². The Labute approximate surface area is 148 Å². The molecule has 0 spiro atoms. The van der Waals surface area contributed by atoms with Crippen molar-refractivity contribution in [2.75, 3.05) is 46.4 Å². The molecule has 0 saturated carbocycles. The first kappa shape index (κ1) is 18.4. The molecule has 0 N–H and O–H groups in total. The Bertz CT molecular complexity index is 733. The number of sulfonamides is 1. The average molecular weight is 369 g/mol. The third-order valence-corrected chi connectivity index (χ3v) is 6.54. The van der Waals surface area contributed by atoms with Gasteiger partial charge < -0.3 is 9.64 Å². The average Bonchev–Trinajstić information content (AvgIpc) is 3.10. The van der Waals surface area contributed by atoms with Gasteiger partial charge >= 0.3 is 0 Å². The van der Waals surface area contributed by atoms with Crippen LogP contribution in [0.15, 0.2) is 28.1 Å². The van der Waals surface area contributed by atoms with E-state index in [1.807, 2.05) is 0 Å². The Morgan fingerprint density at radius 3 is 2.80 bits per heavy atom. The Kier molecular flexibility index (Phi) is 5.83. The van der Waals surface area contributed by atoms with Crippen LogP contribution in [0.4, 0.5) is 4.39 Å². The van der Waals surface area contributed by atoms with E-state index in [-0.39, 0.29) is 24.1 Å². The highest BCUT2D eigenvalue weighted by Crippen LogP contribution is 2.23. The quantitative estimate of drug-likeness (QED) is 0.736. The first-order chi connectivity index (χ1) is 12.0. The molecule has 0 amide bonds. The summed E-state index contributed by atoms with van der Waals surface area (Å²) in [6.45, 7) is 3.72. The van der Waals surface area contributed by atoms with E-state index in [0.29, 0.717) is 12.2 Å². The summed E-state index contributed by atoms with van der Waals surface area (Å²) in [7, 11) is -2.24. The number of aliphatic imine (C=N–C) groups is 1. The highest BCUT2D eigenvalue weighted by molar-refractivity contribution is 7.89. The highest BCUT2D eigenvalue weighted by atomic mass is 32.2. The molecule has 1 aromatic carbocycles. The predicted molar refractivity (Wildman–Crippen MR) is 94.1 cm³/mol. The van der Waals surface area contributed by atoms with E-state index in [0.717, 1.165) is 25.7 Å². The van der Waals surface area contributed by atoms with Crippen LogP contribution in [0.1, 0.15) is 18.4 Å². The largest absolute Gasteiger partial charge is 0.374 e. The van der Waals surface area contributed by atoms with Gasteiger partial charge in [0.05, 0.1) is 17.6 Å². The van der Waals surface area contributed by atoms with Crippen LogP contribution in [0.3, 0.4) is 0 Å². The van der Waals surface area contributed by atoms with Crippen molar-refractivity contribution in [3.8, 4) is 0 Å². The van der Waals surface area contributed by atoms with E-state index < -0.39 is 15.8 Å². The van der Waals surface area contributed by atoms with Crippen molar-refractivity contribution in [3.63, 3.8) is 0 Å². The van der Waals surface area contributed by atoms with Gasteiger partial charge in [-0.1, -0.05) is 0 Å². The minimum absolute atomic E-state index is 0.0417. The third-order valence-electron chi connectivity index (χ3n) is 4.62. The molecule has 0 aliphatic carbocycles. The zero-order valence-corrected chi connectivity index (χ0v) is 15.2. The van der Waals surface area contributed by atoms with E-state index in [2.05, 4.69) is 9.89 Å². The van der Waals surface area contributed by atoms with Crippen molar-refractivity contribution in [2.24, 2.45) is 4.99 Å². The number of hydrogen-bond donors (Lipinski definition) is 0. The van der Waals surface area contributed by atoms with Crippen LogP contribution in [0.2, 0.25) is 0 Å². The fraction of sp³-hybridized carbons (Fsp3) is 0.588. The second-order valence-electron chi connectivity index (χ2n) is 6.43. The van der Waals surface area contributed by atoms with Gasteiger partial charge in [0.25, 0.3) is 0 Å². The molecule has 6 nitrogen and oxygen atoms in total. The van der Waals surface area contributed by atoms with Crippen LogP contribution >= 0.6 is 0 Å². The van der Waals surface area contributed by atoms with Crippen LogP contribution < -0.4 is 0 Å². The molecular formula is C17H24FN3O3S. The van der Waals surface area contributed by atoms with Crippen LogP contribution in [0, 0.1) is 5.82 Å². The van der Waals surface area contributed by atoms with Crippen molar-refractivity contribution >= 4 is 16.2 Å².